The third-order valence-corrected chi connectivity index (χ3v) is 7.51. The van der Waals surface area contributed by atoms with Crippen LogP contribution >= 0.6 is 93.7 Å². The Morgan fingerprint density at radius 1 is 0.447 bits per heavy atom. The van der Waals surface area contributed by atoms with E-state index < -0.39 is 23.9 Å². The van der Waals surface area contributed by atoms with E-state index >= 15 is 0 Å². The normalized spacial score (nSPS) is 8.63. The largest absolute Gasteiger partial charge is 0.481 e. The number of carboxylic acids is 4. The summed E-state index contributed by atoms with van der Waals surface area (Å²) in [5, 5.41) is 64.1. The van der Waals surface area contributed by atoms with Gasteiger partial charge in [-0.1, -0.05) is 43.2 Å². The Kier molecular flexibility index (Phi) is 72.5. The number of aliphatic hydroxyl groups is 4. The molecule has 0 heterocycles. The van der Waals surface area contributed by atoms with Crippen molar-refractivity contribution in [3.63, 3.8) is 0 Å². The molecule has 0 unspecified atom stereocenters. The van der Waals surface area contributed by atoms with E-state index in [1.165, 1.54) is 0 Å². The van der Waals surface area contributed by atoms with Gasteiger partial charge in [-0.3, -0.25) is 19.2 Å². The molecule has 12 nitrogen and oxygen atoms in total. The lowest BCUT2D eigenvalue weighted by atomic mass is 10.5. The van der Waals surface area contributed by atoms with Gasteiger partial charge in [0.15, 0.2) is 0 Å². The molecule has 0 aliphatic carbocycles. The van der Waals surface area contributed by atoms with Gasteiger partial charge >= 0.3 is 23.9 Å². The Balaban J connectivity index is -0.0000000817. The molecule has 0 aliphatic heterocycles. The van der Waals surface area contributed by atoms with Crippen molar-refractivity contribution in [1.82, 2.24) is 0 Å². The quantitative estimate of drug-likeness (QED) is 0.0620. The van der Waals surface area contributed by atoms with Crippen LogP contribution in [-0.4, -0.2) is 137 Å². The predicted molar refractivity (Wildman–Crippen MR) is 173 cm³/mol. The third-order valence-electron chi connectivity index (χ3n) is 1.79. The lowest BCUT2D eigenvalue weighted by Crippen LogP contribution is -1.93. The van der Waals surface area contributed by atoms with Crippen LogP contribution < -0.4 is 0 Å². The Bertz CT molecular complexity index is 440. The minimum Gasteiger partial charge on any atom is -0.481 e. The van der Waals surface area contributed by atoms with Crippen molar-refractivity contribution in [3.8, 4) is 0 Å². The fourth-order valence-electron chi connectivity index (χ4n) is 0.576. The minimum atomic E-state index is -0.881. The smallest absolute Gasteiger partial charge is 0.313 e. The van der Waals surface area contributed by atoms with Crippen molar-refractivity contribution < 1.29 is 60.0 Å². The van der Waals surface area contributed by atoms with E-state index in [-0.39, 0.29) is 50.8 Å². The van der Waals surface area contributed by atoms with E-state index in [0.717, 1.165) is 23.0 Å². The van der Waals surface area contributed by atoms with E-state index in [2.05, 4.69) is 50.5 Å². The minimum absolute atomic E-state index is 0.0833. The molecule has 0 bridgehead atoms. The summed E-state index contributed by atoms with van der Waals surface area (Å²) >= 11 is 14.2. The van der Waals surface area contributed by atoms with Crippen LogP contribution in [0, 0.1) is 0 Å². The topological polar surface area (TPSA) is 230 Å². The number of aliphatic carboxylic acids is 4. The van der Waals surface area contributed by atoms with Crippen LogP contribution in [0.4, 0.5) is 0 Å². The molecule has 0 aromatic rings. The molecule has 0 amide bonds. The number of rotatable bonds is 16. The number of carbonyl (C=O) groups is 4. The monoisotopic (exact) mass is 704 g/mol. The van der Waals surface area contributed by atoms with Gasteiger partial charge in [0.1, 0.15) is 0 Å². The second-order valence-electron chi connectivity index (χ2n) is 5.02. The van der Waals surface area contributed by atoms with E-state index in [4.69, 9.17) is 40.9 Å². The standard InChI is InChI=1S/2C4H10O2S2.2C3H6O2S.2C2H4O2S/c2*5-1-3-7-8-4-2-6;2*4-3(5)1-2-6;2*3-2(4)1-5/h2*5-6H,1-4H2;2*6H,1-2H2,(H,4,5);2*5H,1H2,(H,3,4). The second kappa shape index (κ2) is 53.7. The first-order chi connectivity index (χ1) is 17.9. The fourth-order valence-corrected chi connectivity index (χ4v) is 4.04. The molecule has 0 spiro atoms. The summed E-state index contributed by atoms with van der Waals surface area (Å²) in [7, 11) is 6.34. The highest BCUT2D eigenvalue weighted by Gasteiger charge is 1.89. The van der Waals surface area contributed by atoms with Crippen molar-refractivity contribution in [2.24, 2.45) is 0 Å². The molecule has 0 aromatic heterocycles. The summed E-state index contributed by atoms with van der Waals surface area (Å²) in [6, 6.07) is 0. The predicted octanol–water partition coefficient (Wildman–Crippen LogP) is 1.49. The first-order valence-corrected chi connectivity index (χ1v) is 17.6. The molecule has 38 heavy (non-hydrogen) atoms. The van der Waals surface area contributed by atoms with Crippen LogP contribution in [0.15, 0.2) is 0 Å². The van der Waals surface area contributed by atoms with Gasteiger partial charge in [0.2, 0.25) is 0 Å². The van der Waals surface area contributed by atoms with Crippen LogP contribution in [-0.2, 0) is 19.2 Å². The lowest BCUT2D eigenvalue weighted by molar-refractivity contribution is -0.137. The van der Waals surface area contributed by atoms with Gasteiger partial charge in [0.05, 0.1) is 50.8 Å². The number of thiol groups is 4. The van der Waals surface area contributed by atoms with Crippen molar-refractivity contribution in [3.05, 3.63) is 0 Å². The molecular weight excluding hydrogens is 665 g/mol. The lowest BCUT2D eigenvalue weighted by Gasteiger charge is -1.93. The van der Waals surface area contributed by atoms with Gasteiger partial charge in [0, 0.05) is 34.5 Å². The maximum absolute atomic E-state index is 9.55. The van der Waals surface area contributed by atoms with Crippen molar-refractivity contribution >= 4 is 118 Å². The Morgan fingerprint density at radius 2 is 0.632 bits per heavy atom. The summed E-state index contributed by atoms with van der Waals surface area (Å²) in [4.78, 5) is 37.7. The summed E-state index contributed by atoms with van der Waals surface area (Å²) in [6.45, 7) is 0.901. The maximum Gasteiger partial charge on any atom is 0.313 e. The molecule has 0 atom stereocenters. The van der Waals surface area contributed by atoms with Crippen molar-refractivity contribution in [1.29, 1.82) is 0 Å². The maximum atomic E-state index is 9.55. The average Bonchev–Trinajstić information content (AvgIpc) is 2.86. The van der Waals surface area contributed by atoms with Crippen LogP contribution in [0.5, 0.6) is 0 Å². The number of aliphatic hydroxyl groups excluding tert-OH is 4. The van der Waals surface area contributed by atoms with Gasteiger partial charge in [0.25, 0.3) is 0 Å². The van der Waals surface area contributed by atoms with Crippen LogP contribution in [0.25, 0.3) is 0 Å². The molecule has 0 aromatic carbocycles. The Morgan fingerprint density at radius 3 is 0.684 bits per heavy atom. The molecule has 232 valence electrons. The highest BCUT2D eigenvalue weighted by Crippen LogP contribution is 2.19. The first-order valence-electron chi connectivity index (χ1n) is 10.1. The highest BCUT2D eigenvalue weighted by atomic mass is 33.1. The molecular formula is C18H40O12S8. The van der Waals surface area contributed by atoms with Crippen LogP contribution in [0.3, 0.4) is 0 Å². The van der Waals surface area contributed by atoms with Gasteiger partial charge < -0.3 is 40.9 Å². The molecule has 0 radical (unpaired) electrons. The molecule has 0 fully saturated rings. The number of carboxylic acid groups (broad SMARTS) is 4. The second-order valence-corrected chi connectivity index (χ2v) is 12.0. The Labute approximate surface area is 261 Å². The van der Waals surface area contributed by atoms with Crippen molar-refractivity contribution in [2.75, 3.05) is 72.5 Å². The molecule has 0 saturated carbocycles. The zero-order valence-corrected chi connectivity index (χ0v) is 27.4. The SMILES string of the molecule is O=C(O)CCS.O=C(O)CCS.O=C(O)CS.O=C(O)CS.OCCSSCCO.OCCSSCCO. The Hall–Kier alpha value is 0.520. The summed E-state index contributed by atoms with van der Waals surface area (Å²) in [6.07, 6.45) is 0.312. The fraction of sp³-hybridized carbons (Fsp3) is 0.778. The highest BCUT2D eigenvalue weighted by molar-refractivity contribution is 8.77. The zero-order chi connectivity index (χ0) is 31.0. The summed E-state index contributed by atoms with van der Waals surface area (Å²) < 4.78 is 0. The van der Waals surface area contributed by atoms with Gasteiger partial charge in [-0.05, 0) is 0 Å². The summed E-state index contributed by atoms with van der Waals surface area (Å²) in [5.41, 5.74) is 0. The first kappa shape index (κ1) is 51.3. The van der Waals surface area contributed by atoms with E-state index in [0.29, 0.717) is 11.5 Å². The van der Waals surface area contributed by atoms with Crippen LogP contribution in [0.1, 0.15) is 12.8 Å². The van der Waals surface area contributed by atoms with E-state index in [9.17, 15) is 19.2 Å². The van der Waals surface area contributed by atoms with Crippen molar-refractivity contribution in [2.45, 2.75) is 12.8 Å². The average molecular weight is 705 g/mol. The van der Waals surface area contributed by atoms with Gasteiger partial charge in [-0.25, -0.2) is 0 Å². The zero-order valence-electron chi connectivity index (χ0n) is 20.5. The molecule has 0 saturated heterocycles. The van der Waals surface area contributed by atoms with E-state index in [1.807, 2.05) is 0 Å². The van der Waals surface area contributed by atoms with Crippen LogP contribution in [0.2, 0.25) is 0 Å². The van der Waals surface area contributed by atoms with Gasteiger partial charge in [-0.2, -0.15) is 50.5 Å². The molecule has 8 N–H and O–H groups in total. The number of hydrogen-bond acceptors (Lipinski definition) is 16. The number of hydrogen-bond donors (Lipinski definition) is 12. The molecule has 0 rings (SSSR count). The van der Waals surface area contributed by atoms with Gasteiger partial charge in [-0.15, -0.1) is 0 Å². The molecule has 0 aliphatic rings. The van der Waals surface area contributed by atoms with E-state index in [1.54, 1.807) is 43.2 Å². The summed E-state index contributed by atoms with van der Waals surface area (Å²) in [5.74, 6) is 0.367. The third kappa shape index (κ3) is 109. The molecule has 20 heteroatoms.